The van der Waals surface area contributed by atoms with E-state index in [4.69, 9.17) is 6.42 Å². The van der Waals surface area contributed by atoms with Crippen LogP contribution in [-0.2, 0) is 0 Å². The maximum Gasteiger partial charge on any atom is 0.0196 e. The Morgan fingerprint density at radius 1 is 0.975 bits per heavy atom. The van der Waals surface area contributed by atoms with Gasteiger partial charge in [0.1, 0.15) is 0 Å². The van der Waals surface area contributed by atoms with Crippen molar-refractivity contribution in [1.82, 2.24) is 0 Å². The number of hydrogen-bond acceptors (Lipinski definition) is 0. The highest BCUT2D eigenvalue weighted by Gasteiger charge is 2.57. The molecular formula is C40H66. The van der Waals surface area contributed by atoms with Gasteiger partial charge in [0.15, 0.2) is 0 Å². The molecule has 3 fully saturated rings. The van der Waals surface area contributed by atoms with Crippen LogP contribution >= 0.6 is 0 Å². The van der Waals surface area contributed by atoms with Crippen molar-refractivity contribution in [1.29, 1.82) is 0 Å². The summed E-state index contributed by atoms with van der Waals surface area (Å²) in [5, 5.41) is 0. The van der Waals surface area contributed by atoms with Gasteiger partial charge < -0.3 is 0 Å². The molecule has 2 unspecified atom stereocenters. The Bertz CT molecular complexity index is 964. The zero-order valence-electron chi connectivity index (χ0n) is 27.2. The molecule has 4 aliphatic rings. The molecule has 0 heteroatoms. The van der Waals surface area contributed by atoms with Gasteiger partial charge in [0, 0.05) is 5.57 Å². The SMILES string of the molecule is C.C#CC(/C=C/CCC)=C/C.C/C=C(/CC)C1CCC[C@H]2[C@@H]3CC=C4CC[C@](C)(CC)CCC4(C)[C@H]3CC[C@]12C. The molecule has 4 rings (SSSR count). The molecule has 0 aliphatic heterocycles. The molecule has 0 N–H and O–H groups in total. The summed E-state index contributed by atoms with van der Waals surface area (Å²) in [6, 6.07) is 0. The second-order valence-electron chi connectivity index (χ2n) is 14.2. The minimum Gasteiger partial charge on any atom is -0.115 e. The molecule has 0 aromatic carbocycles. The number of allylic oxidation sites excluding steroid dienone is 8. The molecule has 40 heavy (non-hydrogen) atoms. The molecule has 0 bridgehead atoms. The van der Waals surface area contributed by atoms with Crippen LogP contribution in [-0.4, -0.2) is 0 Å². The lowest BCUT2D eigenvalue weighted by molar-refractivity contribution is -0.0825. The molecule has 0 spiro atoms. The van der Waals surface area contributed by atoms with Crippen LogP contribution in [0.4, 0.5) is 0 Å². The highest BCUT2D eigenvalue weighted by atomic mass is 14.6. The van der Waals surface area contributed by atoms with Crippen LogP contribution in [0.2, 0.25) is 0 Å². The van der Waals surface area contributed by atoms with Crippen LogP contribution < -0.4 is 0 Å². The topological polar surface area (TPSA) is 0 Å². The van der Waals surface area contributed by atoms with Gasteiger partial charge in [0.05, 0.1) is 0 Å². The zero-order chi connectivity index (χ0) is 28.7. The second-order valence-corrected chi connectivity index (χ2v) is 14.2. The molecule has 4 aliphatic carbocycles. The zero-order valence-corrected chi connectivity index (χ0v) is 27.2. The monoisotopic (exact) mass is 547 g/mol. The van der Waals surface area contributed by atoms with Crippen molar-refractivity contribution in [2.75, 3.05) is 0 Å². The Balaban J connectivity index is 0.000000439. The Hall–Kier alpha value is -1.48. The number of terminal acetylenes is 1. The van der Waals surface area contributed by atoms with E-state index in [2.05, 4.69) is 72.6 Å². The van der Waals surface area contributed by atoms with Crippen molar-refractivity contribution >= 4 is 0 Å². The van der Waals surface area contributed by atoms with Crippen LogP contribution in [0.5, 0.6) is 0 Å². The van der Waals surface area contributed by atoms with Crippen LogP contribution in [0.15, 0.2) is 47.1 Å². The summed E-state index contributed by atoms with van der Waals surface area (Å²) < 4.78 is 0. The summed E-state index contributed by atoms with van der Waals surface area (Å²) in [6.07, 6.45) is 35.9. The first kappa shape index (κ1) is 34.7. The lowest BCUT2D eigenvalue weighted by Gasteiger charge is -2.61. The summed E-state index contributed by atoms with van der Waals surface area (Å²) in [5.74, 6) is 6.30. The fraction of sp³-hybridized carbons (Fsp3) is 0.750. The molecular weight excluding hydrogens is 480 g/mol. The number of rotatable bonds is 6. The van der Waals surface area contributed by atoms with E-state index >= 15 is 0 Å². The van der Waals surface area contributed by atoms with Crippen LogP contribution in [0.1, 0.15) is 153 Å². The van der Waals surface area contributed by atoms with Crippen molar-refractivity contribution in [3.63, 3.8) is 0 Å². The van der Waals surface area contributed by atoms with Crippen molar-refractivity contribution in [2.24, 2.45) is 39.9 Å². The first-order chi connectivity index (χ1) is 18.7. The molecule has 0 nitrogen and oxygen atoms in total. The second kappa shape index (κ2) is 15.1. The Kier molecular flexibility index (Phi) is 13.1. The van der Waals surface area contributed by atoms with E-state index in [-0.39, 0.29) is 7.43 Å². The first-order valence-corrected chi connectivity index (χ1v) is 16.8. The standard InChI is InChI=1S/C29H48.C10H14.CH4/c1-7-21(8-2)24-11-10-12-25-23-14-13-22-15-17-27(4,9-3)19-20-28(22,5)26(23)16-18-29(24,25)6;1-4-7-8-9-10(5-2)6-3;/h7,13,23-26H,8-12,14-20H2,1-6H3;2,6,8-9H,4,7H2,1,3H3;1H4/b21-7-;9-8+,10-6-;/t23-,24?,25-,26-,27-,28?,29+;;/m0../s1. The van der Waals surface area contributed by atoms with Crippen LogP contribution in [0, 0.1) is 52.3 Å². The predicted molar refractivity (Wildman–Crippen MR) is 180 cm³/mol. The molecule has 0 amide bonds. The van der Waals surface area contributed by atoms with Gasteiger partial charge >= 0.3 is 0 Å². The van der Waals surface area contributed by atoms with Crippen LogP contribution in [0.25, 0.3) is 0 Å². The van der Waals surface area contributed by atoms with Gasteiger partial charge in [-0.2, -0.15) is 0 Å². The quantitative estimate of drug-likeness (QED) is 0.176. The largest absolute Gasteiger partial charge is 0.115 e. The third kappa shape index (κ3) is 7.11. The normalized spacial score (nSPS) is 37.8. The highest BCUT2D eigenvalue weighted by molar-refractivity contribution is 5.35. The fourth-order valence-corrected chi connectivity index (χ4v) is 9.43. The third-order valence-corrected chi connectivity index (χ3v) is 12.4. The summed E-state index contributed by atoms with van der Waals surface area (Å²) in [7, 11) is 0. The Labute approximate surface area is 251 Å². The van der Waals surface area contributed by atoms with Crippen molar-refractivity contribution < 1.29 is 0 Å². The smallest absolute Gasteiger partial charge is 0.0196 e. The number of hydrogen-bond donors (Lipinski definition) is 0. The van der Waals surface area contributed by atoms with Gasteiger partial charge in [0.2, 0.25) is 0 Å². The number of fused-ring (bicyclic) bond motifs is 5. The van der Waals surface area contributed by atoms with E-state index in [0.717, 1.165) is 35.7 Å². The van der Waals surface area contributed by atoms with E-state index in [9.17, 15) is 0 Å². The maximum absolute atomic E-state index is 5.20. The van der Waals surface area contributed by atoms with Gasteiger partial charge in [-0.25, -0.2) is 0 Å². The Morgan fingerprint density at radius 3 is 2.33 bits per heavy atom. The summed E-state index contributed by atoms with van der Waals surface area (Å²) >= 11 is 0. The first-order valence-electron chi connectivity index (χ1n) is 16.8. The van der Waals surface area contributed by atoms with Crippen LogP contribution in [0.3, 0.4) is 0 Å². The van der Waals surface area contributed by atoms with Gasteiger partial charge in [-0.05, 0) is 124 Å². The average Bonchev–Trinajstić information content (AvgIpc) is 3.08. The molecule has 0 saturated heterocycles. The van der Waals surface area contributed by atoms with E-state index < -0.39 is 0 Å². The maximum atomic E-state index is 5.20. The third-order valence-electron chi connectivity index (χ3n) is 12.4. The average molecular weight is 547 g/mol. The fourth-order valence-electron chi connectivity index (χ4n) is 9.43. The molecule has 226 valence electrons. The van der Waals surface area contributed by atoms with E-state index in [0.29, 0.717) is 16.2 Å². The van der Waals surface area contributed by atoms with Crippen molar-refractivity contribution in [3.05, 3.63) is 47.1 Å². The lowest BCUT2D eigenvalue weighted by Crippen LogP contribution is -2.53. The summed E-state index contributed by atoms with van der Waals surface area (Å²) in [5.41, 5.74) is 6.24. The van der Waals surface area contributed by atoms with Crippen molar-refractivity contribution in [3.8, 4) is 12.3 Å². The Morgan fingerprint density at radius 2 is 1.73 bits per heavy atom. The molecule has 0 aromatic rings. The van der Waals surface area contributed by atoms with Gasteiger partial charge in [0.25, 0.3) is 0 Å². The minimum atomic E-state index is 0. The van der Waals surface area contributed by atoms with E-state index in [1.54, 1.807) is 5.57 Å². The highest BCUT2D eigenvalue weighted by Crippen LogP contribution is 2.66. The van der Waals surface area contributed by atoms with Crippen molar-refractivity contribution in [2.45, 2.75) is 153 Å². The van der Waals surface area contributed by atoms with E-state index in [1.807, 2.05) is 24.6 Å². The van der Waals surface area contributed by atoms with Gasteiger partial charge in [-0.15, -0.1) is 6.42 Å². The molecule has 0 heterocycles. The van der Waals surface area contributed by atoms with E-state index in [1.165, 1.54) is 83.5 Å². The summed E-state index contributed by atoms with van der Waals surface area (Å²) in [6.45, 7) is 19.2. The molecule has 3 saturated carbocycles. The minimum absolute atomic E-state index is 0. The molecule has 7 atom stereocenters. The van der Waals surface area contributed by atoms with Gasteiger partial charge in [-0.3, -0.25) is 0 Å². The molecule has 0 aromatic heterocycles. The summed E-state index contributed by atoms with van der Waals surface area (Å²) in [4.78, 5) is 0. The number of unbranched alkanes of at least 4 members (excludes halogenated alkanes) is 1. The lowest BCUT2D eigenvalue weighted by atomic mass is 9.44. The predicted octanol–water partition coefficient (Wildman–Crippen LogP) is 12.7. The van der Waals surface area contributed by atoms with Gasteiger partial charge in [-0.1, -0.05) is 116 Å². The molecule has 0 radical (unpaired) electrons.